The summed E-state index contributed by atoms with van der Waals surface area (Å²) in [4.78, 5) is 50.6. The Morgan fingerprint density at radius 1 is 1.03 bits per heavy atom. The van der Waals surface area contributed by atoms with E-state index >= 15 is 0 Å². The Bertz CT molecular complexity index is 1030. The molecule has 0 unspecified atom stereocenters. The Balaban J connectivity index is 1.72. The van der Waals surface area contributed by atoms with Gasteiger partial charge >= 0.3 is 17.8 Å². The first kappa shape index (κ1) is 23.9. The Kier molecular flexibility index (Phi) is 7.29. The van der Waals surface area contributed by atoms with Crippen LogP contribution in [0.2, 0.25) is 0 Å². The number of sulfonamides is 1. The van der Waals surface area contributed by atoms with E-state index in [1.165, 1.54) is 10.4 Å². The minimum atomic E-state index is -3.70. The van der Waals surface area contributed by atoms with Crippen LogP contribution in [-0.4, -0.2) is 72.5 Å². The molecule has 0 aromatic heterocycles. The van der Waals surface area contributed by atoms with Gasteiger partial charge in [-0.1, -0.05) is 25.8 Å². The third-order valence-corrected chi connectivity index (χ3v) is 7.62. The number of hydrogen-bond donors (Lipinski definition) is 1. The lowest BCUT2D eigenvalue weighted by Crippen LogP contribution is -2.39. The van der Waals surface area contributed by atoms with Gasteiger partial charge < -0.3 is 5.32 Å². The standard InChI is InChI=1S/C21H28N4O6S/c1-3-4-12-24-19(27)20(28)25(21(24)29)14-18(26)22-16-9-8-15(2)17(13-16)32(30,31)23-10-6-5-7-11-23/h8-9,13H,3-7,10-12,14H2,1-2H3,(H,22,26). The molecule has 0 spiro atoms. The van der Waals surface area contributed by atoms with Gasteiger partial charge in [0.2, 0.25) is 15.9 Å². The van der Waals surface area contributed by atoms with E-state index in [9.17, 15) is 27.6 Å². The molecule has 0 saturated carbocycles. The monoisotopic (exact) mass is 464 g/mol. The number of anilines is 1. The van der Waals surface area contributed by atoms with Crippen molar-refractivity contribution in [3.63, 3.8) is 0 Å². The topological polar surface area (TPSA) is 124 Å². The molecule has 0 radical (unpaired) electrons. The van der Waals surface area contributed by atoms with Crippen LogP contribution < -0.4 is 5.32 Å². The zero-order chi connectivity index (χ0) is 23.5. The van der Waals surface area contributed by atoms with Gasteiger partial charge in [-0.25, -0.2) is 18.1 Å². The van der Waals surface area contributed by atoms with E-state index in [0.29, 0.717) is 30.0 Å². The van der Waals surface area contributed by atoms with Crippen molar-refractivity contribution in [1.29, 1.82) is 0 Å². The van der Waals surface area contributed by atoms with Gasteiger partial charge in [-0.05, 0) is 43.9 Å². The van der Waals surface area contributed by atoms with Crippen LogP contribution >= 0.6 is 0 Å². The first-order valence-corrected chi connectivity index (χ1v) is 12.2. The number of carbonyl (C=O) groups excluding carboxylic acids is 4. The number of aryl methyl sites for hydroxylation is 1. The van der Waals surface area contributed by atoms with Gasteiger partial charge in [-0.15, -0.1) is 0 Å². The molecular formula is C21H28N4O6S. The first-order valence-electron chi connectivity index (χ1n) is 10.7. The van der Waals surface area contributed by atoms with Gasteiger partial charge in [0.1, 0.15) is 6.54 Å². The Labute approximate surface area is 187 Å². The summed E-state index contributed by atoms with van der Waals surface area (Å²) in [5, 5.41) is 2.53. The van der Waals surface area contributed by atoms with Crippen LogP contribution in [0.5, 0.6) is 0 Å². The number of benzene rings is 1. The fraction of sp³-hybridized carbons (Fsp3) is 0.524. The number of carbonyl (C=O) groups is 4. The van der Waals surface area contributed by atoms with Crippen molar-refractivity contribution in [3.05, 3.63) is 23.8 Å². The molecule has 10 nitrogen and oxygen atoms in total. The summed E-state index contributed by atoms with van der Waals surface area (Å²) < 4.78 is 27.5. The summed E-state index contributed by atoms with van der Waals surface area (Å²) in [7, 11) is -3.70. The van der Waals surface area contributed by atoms with Crippen LogP contribution in [0, 0.1) is 6.92 Å². The number of piperidine rings is 1. The third kappa shape index (κ3) is 4.83. The molecule has 2 aliphatic rings. The lowest BCUT2D eigenvalue weighted by Gasteiger charge is -2.26. The van der Waals surface area contributed by atoms with Gasteiger partial charge in [0, 0.05) is 25.3 Å². The van der Waals surface area contributed by atoms with Crippen molar-refractivity contribution in [2.45, 2.75) is 50.8 Å². The highest BCUT2D eigenvalue weighted by Crippen LogP contribution is 2.26. The molecule has 2 heterocycles. The highest BCUT2D eigenvalue weighted by molar-refractivity contribution is 7.89. The largest absolute Gasteiger partial charge is 0.334 e. The molecule has 0 aliphatic carbocycles. The average molecular weight is 465 g/mol. The molecule has 11 heteroatoms. The van der Waals surface area contributed by atoms with Crippen molar-refractivity contribution < 1.29 is 27.6 Å². The van der Waals surface area contributed by atoms with Gasteiger partial charge in [-0.3, -0.25) is 19.3 Å². The molecule has 174 valence electrons. The normalized spacial score (nSPS) is 17.9. The zero-order valence-corrected chi connectivity index (χ0v) is 19.1. The quantitative estimate of drug-likeness (QED) is 0.461. The lowest BCUT2D eigenvalue weighted by atomic mass is 10.2. The number of hydrogen-bond acceptors (Lipinski definition) is 6. The maximum absolute atomic E-state index is 13.0. The minimum Gasteiger partial charge on any atom is -0.324 e. The van der Waals surface area contributed by atoms with Gasteiger partial charge in [0.05, 0.1) is 4.90 Å². The van der Waals surface area contributed by atoms with E-state index in [1.807, 2.05) is 6.92 Å². The Morgan fingerprint density at radius 2 is 1.69 bits per heavy atom. The number of imide groups is 2. The fourth-order valence-electron chi connectivity index (χ4n) is 3.75. The maximum atomic E-state index is 13.0. The van der Waals surface area contributed by atoms with E-state index in [4.69, 9.17) is 0 Å². The molecule has 2 fully saturated rings. The molecule has 0 atom stereocenters. The number of rotatable bonds is 8. The van der Waals surface area contributed by atoms with Gasteiger partial charge in [0.15, 0.2) is 0 Å². The number of nitrogens with zero attached hydrogens (tertiary/aromatic N) is 3. The van der Waals surface area contributed by atoms with Crippen LogP contribution in [-0.2, 0) is 24.4 Å². The van der Waals surface area contributed by atoms with Crippen LogP contribution in [0.15, 0.2) is 23.1 Å². The molecule has 1 N–H and O–H groups in total. The SMILES string of the molecule is CCCCN1C(=O)C(=O)N(CC(=O)Nc2ccc(C)c(S(=O)(=O)N3CCCCC3)c2)C1=O. The van der Waals surface area contributed by atoms with Crippen molar-refractivity contribution in [1.82, 2.24) is 14.1 Å². The van der Waals surface area contributed by atoms with E-state index < -0.39 is 40.3 Å². The fourth-order valence-corrected chi connectivity index (χ4v) is 5.52. The highest BCUT2D eigenvalue weighted by Gasteiger charge is 2.44. The summed E-state index contributed by atoms with van der Waals surface area (Å²) in [5.74, 6) is -2.69. The first-order chi connectivity index (χ1) is 15.2. The second-order valence-electron chi connectivity index (χ2n) is 7.98. The summed E-state index contributed by atoms with van der Waals surface area (Å²) >= 11 is 0. The molecular weight excluding hydrogens is 436 g/mol. The van der Waals surface area contributed by atoms with Crippen LogP contribution in [0.4, 0.5) is 10.5 Å². The van der Waals surface area contributed by atoms with Crippen LogP contribution in [0.25, 0.3) is 0 Å². The maximum Gasteiger partial charge on any atom is 0.334 e. The number of nitrogens with one attached hydrogen (secondary N) is 1. The minimum absolute atomic E-state index is 0.103. The molecule has 2 aliphatic heterocycles. The van der Waals surface area contributed by atoms with E-state index in [0.717, 1.165) is 30.6 Å². The van der Waals surface area contributed by atoms with Gasteiger partial charge in [0.25, 0.3) is 0 Å². The van der Waals surface area contributed by atoms with Crippen molar-refractivity contribution >= 4 is 39.5 Å². The molecule has 1 aromatic carbocycles. The number of unbranched alkanes of at least 4 members (excludes halogenated alkanes) is 1. The van der Waals surface area contributed by atoms with Crippen LogP contribution in [0.1, 0.15) is 44.6 Å². The molecule has 2 saturated heterocycles. The lowest BCUT2D eigenvalue weighted by molar-refractivity contribution is -0.143. The molecule has 3 rings (SSSR count). The Morgan fingerprint density at radius 3 is 2.34 bits per heavy atom. The zero-order valence-electron chi connectivity index (χ0n) is 18.3. The van der Waals surface area contributed by atoms with Crippen molar-refractivity contribution in [3.8, 4) is 0 Å². The predicted octanol–water partition coefficient (Wildman–Crippen LogP) is 1.70. The number of amides is 5. The third-order valence-electron chi connectivity index (χ3n) is 5.58. The molecule has 0 bridgehead atoms. The Hall–Kier alpha value is -2.79. The van der Waals surface area contributed by atoms with E-state index in [-0.39, 0.29) is 17.1 Å². The van der Waals surface area contributed by atoms with E-state index in [1.54, 1.807) is 19.1 Å². The predicted molar refractivity (Wildman–Crippen MR) is 116 cm³/mol. The molecule has 1 aromatic rings. The smallest absolute Gasteiger partial charge is 0.324 e. The summed E-state index contributed by atoms with van der Waals surface area (Å²) in [6.45, 7) is 3.97. The summed E-state index contributed by atoms with van der Waals surface area (Å²) in [6.07, 6.45) is 3.90. The highest BCUT2D eigenvalue weighted by atomic mass is 32.2. The number of urea groups is 1. The molecule has 5 amide bonds. The second-order valence-corrected chi connectivity index (χ2v) is 9.88. The van der Waals surface area contributed by atoms with Crippen LogP contribution in [0.3, 0.4) is 0 Å². The molecule has 32 heavy (non-hydrogen) atoms. The average Bonchev–Trinajstić information content (AvgIpc) is 2.97. The summed E-state index contributed by atoms with van der Waals surface area (Å²) in [6, 6.07) is 3.70. The van der Waals surface area contributed by atoms with Crippen molar-refractivity contribution in [2.75, 3.05) is 31.5 Å². The summed E-state index contributed by atoms with van der Waals surface area (Å²) in [5.41, 5.74) is 0.778. The second kappa shape index (κ2) is 9.78. The van der Waals surface area contributed by atoms with E-state index in [2.05, 4.69) is 5.32 Å². The van der Waals surface area contributed by atoms with Gasteiger partial charge in [-0.2, -0.15) is 4.31 Å². The van der Waals surface area contributed by atoms with Crippen molar-refractivity contribution in [2.24, 2.45) is 0 Å².